The molecule has 18 heavy (non-hydrogen) atoms. The molecule has 1 N–H and O–H groups in total. The summed E-state index contributed by atoms with van der Waals surface area (Å²) in [4.78, 5) is 21.9. The van der Waals surface area contributed by atoms with E-state index >= 15 is 0 Å². The van der Waals surface area contributed by atoms with E-state index in [-0.39, 0.29) is 17.8 Å². The topological polar surface area (TPSA) is 58.1 Å². The number of hydrogen-bond donors (Lipinski definition) is 1. The number of carbonyl (C=O) groups is 1. The molecule has 1 saturated heterocycles. The lowest BCUT2D eigenvalue weighted by Gasteiger charge is -2.33. The monoisotopic (exact) mass is 268 g/mol. The predicted octanol–water partition coefficient (Wildman–Crippen LogP) is 1.11. The third-order valence-corrected chi connectivity index (χ3v) is 3.31. The van der Waals surface area contributed by atoms with Gasteiger partial charge in [0.15, 0.2) is 0 Å². The number of nitrogens with one attached hydrogen (secondary N) is 1. The molecule has 0 aliphatic carbocycles. The van der Waals surface area contributed by atoms with Crippen LogP contribution in [0.15, 0.2) is 12.3 Å². The minimum atomic E-state index is -0.0898. The van der Waals surface area contributed by atoms with Crippen molar-refractivity contribution in [1.82, 2.24) is 15.3 Å². The second kappa shape index (κ2) is 6.00. The van der Waals surface area contributed by atoms with Crippen LogP contribution in [0.4, 0.5) is 5.82 Å². The molecule has 0 radical (unpaired) electrons. The van der Waals surface area contributed by atoms with Crippen molar-refractivity contribution < 1.29 is 4.79 Å². The fourth-order valence-corrected chi connectivity index (χ4v) is 2.22. The van der Waals surface area contributed by atoms with Crippen molar-refractivity contribution in [3.8, 4) is 0 Å². The van der Waals surface area contributed by atoms with E-state index in [9.17, 15) is 4.79 Å². The molecule has 0 unspecified atom stereocenters. The van der Waals surface area contributed by atoms with E-state index in [2.05, 4.69) is 20.2 Å². The molecule has 6 heteroatoms. The first-order valence-corrected chi connectivity index (χ1v) is 6.62. The highest BCUT2D eigenvalue weighted by molar-refractivity contribution is 6.27. The summed E-state index contributed by atoms with van der Waals surface area (Å²) in [6.45, 7) is 3.67. The number of piperidine rings is 1. The minimum absolute atomic E-state index is 0.0331. The third-order valence-electron chi connectivity index (χ3n) is 3.07. The smallest absolute Gasteiger partial charge is 0.235 e. The van der Waals surface area contributed by atoms with Gasteiger partial charge in [0.25, 0.3) is 0 Å². The van der Waals surface area contributed by atoms with Gasteiger partial charge in [0.1, 0.15) is 17.5 Å². The van der Waals surface area contributed by atoms with Crippen LogP contribution in [0.3, 0.4) is 0 Å². The van der Waals surface area contributed by atoms with Crippen LogP contribution in [-0.2, 0) is 4.79 Å². The number of amides is 1. The Kier molecular flexibility index (Phi) is 4.36. The number of alkyl halides is 1. The van der Waals surface area contributed by atoms with E-state index in [1.54, 1.807) is 6.20 Å². The van der Waals surface area contributed by atoms with Gasteiger partial charge in [-0.3, -0.25) is 4.79 Å². The van der Waals surface area contributed by atoms with Crippen LogP contribution in [0.2, 0.25) is 0 Å². The summed E-state index contributed by atoms with van der Waals surface area (Å²) in [6.07, 6.45) is 3.62. The Balaban J connectivity index is 1.88. The Labute approximate surface area is 112 Å². The molecular formula is C12H17ClN4O. The highest BCUT2D eigenvalue weighted by atomic mass is 35.5. The van der Waals surface area contributed by atoms with Gasteiger partial charge in [-0.2, -0.15) is 0 Å². The van der Waals surface area contributed by atoms with Crippen molar-refractivity contribution in [2.24, 2.45) is 0 Å². The summed E-state index contributed by atoms with van der Waals surface area (Å²) in [5.74, 6) is 1.69. The van der Waals surface area contributed by atoms with Crippen LogP contribution in [0.1, 0.15) is 18.7 Å². The minimum Gasteiger partial charge on any atom is -0.356 e. The lowest BCUT2D eigenvalue weighted by Crippen LogP contribution is -2.45. The number of hydrogen-bond acceptors (Lipinski definition) is 4. The summed E-state index contributed by atoms with van der Waals surface area (Å²) in [5.41, 5.74) is 0. The van der Waals surface area contributed by atoms with Crippen LogP contribution in [0.5, 0.6) is 0 Å². The highest BCUT2D eigenvalue weighted by Gasteiger charge is 2.21. The van der Waals surface area contributed by atoms with E-state index in [1.807, 2.05) is 13.0 Å². The molecule has 1 aromatic rings. The number of aryl methyl sites for hydroxylation is 1. The average molecular weight is 269 g/mol. The normalized spacial score (nSPS) is 16.7. The highest BCUT2D eigenvalue weighted by Crippen LogP contribution is 2.17. The van der Waals surface area contributed by atoms with E-state index in [0.717, 1.165) is 37.6 Å². The second-order valence-corrected chi connectivity index (χ2v) is 4.69. The quantitative estimate of drug-likeness (QED) is 0.835. The van der Waals surface area contributed by atoms with E-state index in [1.165, 1.54) is 0 Å². The largest absolute Gasteiger partial charge is 0.356 e. The molecule has 1 aliphatic rings. The van der Waals surface area contributed by atoms with Gasteiger partial charge in [0.2, 0.25) is 5.91 Å². The molecule has 0 saturated carbocycles. The van der Waals surface area contributed by atoms with Crippen LogP contribution < -0.4 is 10.2 Å². The predicted molar refractivity (Wildman–Crippen MR) is 70.9 cm³/mol. The fraction of sp³-hybridized carbons (Fsp3) is 0.583. The molecule has 1 fully saturated rings. The first-order valence-electron chi connectivity index (χ1n) is 6.09. The van der Waals surface area contributed by atoms with Crippen molar-refractivity contribution in [3.63, 3.8) is 0 Å². The number of rotatable bonds is 3. The van der Waals surface area contributed by atoms with Gasteiger partial charge in [-0.25, -0.2) is 9.97 Å². The van der Waals surface area contributed by atoms with E-state index in [4.69, 9.17) is 11.6 Å². The molecule has 0 aromatic carbocycles. The van der Waals surface area contributed by atoms with E-state index in [0.29, 0.717) is 0 Å². The Hall–Kier alpha value is -1.36. The molecule has 98 valence electrons. The first-order chi connectivity index (χ1) is 8.69. The molecule has 1 amide bonds. The molecule has 1 aromatic heterocycles. The maximum absolute atomic E-state index is 11.2. The van der Waals surface area contributed by atoms with Crippen LogP contribution >= 0.6 is 11.6 Å². The zero-order chi connectivity index (χ0) is 13.0. The molecule has 0 atom stereocenters. The van der Waals surface area contributed by atoms with Gasteiger partial charge in [-0.15, -0.1) is 11.6 Å². The van der Waals surface area contributed by atoms with Crippen molar-refractivity contribution in [2.45, 2.75) is 25.8 Å². The molecule has 5 nitrogen and oxygen atoms in total. The number of carbonyl (C=O) groups excluding carboxylic acids is 1. The Bertz CT molecular complexity index is 418. The molecule has 0 bridgehead atoms. The van der Waals surface area contributed by atoms with Gasteiger partial charge in [-0.1, -0.05) is 0 Å². The van der Waals surface area contributed by atoms with E-state index < -0.39 is 0 Å². The zero-order valence-corrected chi connectivity index (χ0v) is 11.2. The van der Waals surface area contributed by atoms with Crippen LogP contribution in [-0.4, -0.2) is 40.9 Å². The van der Waals surface area contributed by atoms with Crippen molar-refractivity contribution in [2.75, 3.05) is 23.9 Å². The van der Waals surface area contributed by atoms with Gasteiger partial charge in [-0.05, 0) is 25.8 Å². The number of aromatic nitrogens is 2. The van der Waals surface area contributed by atoms with Crippen molar-refractivity contribution in [1.29, 1.82) is 0 Å². The standard InChI is InChI=1S/C12H17ClN4O/c1-9-14-5-2-11(15-9)17-6-3-10(4-7-17)16-12(18)8-13/h2,5,10H,3-4,6-8H2,1H3,(H,16,18). The fourth-order valence-electron chi connectivity index (χ4n) is 2.14. The number of nitrogens with zero attached hydrogens (tertiary/aromatic N) is 3. The van der Waals surface area contributed by atoms with Crippen molar-refractivity contribution in [3.05, 3.63) is 18.1 Å². The average Bonchev–Trinajstić information content (AvgIpc) is 2.39. The van der Waals surface area contributed by atoms with Gasteiger partial charge in [0.05, 0.1) is 0 Å². The third kappa shape index (κ3) is 3.32. The van der Waals surface area contributed by atoms with Gasteiger partial charge in [0, 0.05) is 25.3 Å². The second-order valence-electron chi connectivity index (χ2n) is 4.42. The van der Waals surface area contributed by atoms with Gasteiger partial charge >= 0.3 is 0 Å². The molecule has 2 heterocycles. The maximum atomic E-state index is 11.2. The molecule has 2 rings (SSSR count). The summed E-state index contributed by atoms with van der Waals surface area (Å²) in [6, 6.07) is 2.15. The summed E-state index contributed by atoms with van der Waals surface area (Å²) < 4.78 is 0. The van der Waals surface area contributed by atoms with Crippen molar-refractivity contribution >= 4 is 23.3 Å². The lowest BCUT2D eigenvalue weighted by atomic mass is 10.1. The summed E-state index contributed by atoms with van der Waals surface area (Å²) in [7, 11) is 0. The van der Waals surface area contributed by atoms with Crippen LogP contribution in [0, 0.1) is 6.92 Å². The first kappa shape index (κ1) is 13.1. The number of halogens is 1. The zero-order valence-electron chi connectivity index (χ0n) is 10.4. The molecule has 1 aliphatic heterocycles. The lowest BCUT2D eigenvalue weighted by molar-refractivity contribution is -0.119. The molecule has 0 spiro atoms. The maximum Gasteiger partial charge on any atom is 0.235 e. The molecular weight excluding hydrogens is 252 g/mol. The summed E-state index contributed by atoms with van der Waals surface area (Å²) in [5, 5.41) is 2.92. The Morgan fingerprint density at radius 1 is 1.56 bits per heavy atom. The Morgan fingerprint density at radius 3 is 2.89 bits per heavy atom. The Morgan fingerprint density at radius 2 is 2.28 bits per heavy atom. The van der Waals surface area contributed by atoms with Gasteiger partial charge < -0.3 is 10.2 Å². The van der Waals surface area contributed by atoms with Crippen LogP contribution in [0.25, 0.3) is 0 Å². The summed E-state index contributed by atoms with van der Waals surface area (Å²) >= 11 is 5.47. The SMILES string of the molecule is Cc1nccc(N2CCC(NC(=O)CCl)CC2)n1. The number of anilines is 1.